The van der Waals surface area contributed by atoms with Crippen LogP contribution in [0.25, 0.3) is 11.1 Å². The number of halogens is 2. The Morgan fingerprint density at radius 3 is 2.58 bits per heavy atom. The fraction of sp³-hybridized carbons (Fsp3) is 0.200. The Morgan fingerprint density at radius 2 is 2.00 bits per heavy atom. The third kappa shape index (κ3) is 3.45. The molecule has 2 aromatic rings. The second-order valence-corrected chi connectivity index (χ2v) is 4.53. The Bertz CT molecular complexity index is 781. The smallest absolute Gasteiger partial charge is 0.338 e. The van der Waals surface area contributed by atoms with Gasteiger partial charge in [0.2, 0.25) is 0 Å². The highest BCUT2D eigenvalue weighted by Crippen LogP contribution is 2.34. The Labute approximate surface area is 136 Å². The summed E-state index contributed by atoms with van der Waals surface area (Å²) < 4.78 is 35.8. The molecule has 0 spiro atoms. The van der Waals surface area contributed by atoms with Crippen molar-refractivity contribution >= 4 is 18.1 Å². The molecule has 0 aliphatic rings. The van der Waals surface area contributed by atoms with Gasteiger partial charge in [-0.1, -0.05) is 0 Å². The van der Waals surface area contributed by atoms with E-state index in [-0.39, 0.29) is 22.4 Å². The predicted octanol–water partition coefficient (Wildman–Crippen LogP) is 0.576. The van der Waals surface area contributed by atoms with Crippen LogP contribution in [0, 0.1) is 0 Å². The standard InChI is InChI=1S/C15H14F2N4O3/c1-23-12-6-19-11(14(16)17)3-8(12)10-5-20-13(21-7-18)4-9(10)15(22)24-2/h3-7,14H,1-2H3,(H2,18,20,21)/p+1. The van der Waals surface area contributed by atoms with Crippen LogP contribution in [-0.4, -0.2) is 36.5 Å². The molecule has 126 valence electrons. The highest BCUT2D eigenvalue weighted by atomic mass is 19.3. The van der Waals surface area contributed by atoms with Crippen molar-refractivity contribution in [3.63, 3.8) is 0 Å². The number of rotatable bonds is 5. The zero-order valence-electron chi connectivity index (χ0n) is 12.9. The SMILES string of the molecule is COC(=O)c1cc([NH+]=CN)ncc1-c1cc(C(F)F)ncc1OC. The van der Waals surface area contributed by atoms with Crippen LogP contribution in [0.4, 0.5) is 14.6 Å². The monoisotopic (exact) mass is 337 g/mol. The van der Waals surface area contributed by atoms with E-state index in [1.165, 1.54) is 26.5 Å². The fourth-order valence-electron chi connectivity index (χ4n) is 2.06. The second-order valence-electron chi connectivity index (χ2n) is 4.53. The van der Waals surface area contributed by atoms with E-state index in [2.05, 4.69) is 15.0 Å². The highest BCUT2D eigenvalue weighted by molar-refractivity contribution is 5.98. The van der Waals surface area contributed by atoms with Gasteiger partial charge in [0.15, 0.2) is 6.34 Å². The van der Waals surface area contributed by atoms with E-state index in [0.717, 1.165) is 18.6 Å². The van der Waals surface area contributed by atoms with Gasteiger partial charge in [-0.05, 0) is 6.07 Å². The van der Waals surface area contributed by atoms with Crippen molar-refractivity contribution in [2.45, 2.75) is 6.43 Å². The average molecular weight is 337 g/mol. The Hall–Kier alpha value is -3.10. The summed E-state index contributed by atoms with van der Waals surface area (Å²) in [6.45, 7) is 0. The molecule has 0 aliphatic heterocycles. The molecule has 0 saturated carbocycles. The molecule has 2 rings (SSSR count). The van der Waals surface area contributed by atoms with E-state index in [4.69, 9.17) is 15.2 Å². The maximum atomic E-state index is 12.9. The highest BCUT2D eigenvalue weighted by Gasteiger charge is 2.22. The predicted molar refractivity (Wildman–Crippen MR) is 81.2 cm³/mol. The largest absolute Gasteiger partial charge is 0.494 e. The number of carbonyl (C=O) groups excluding carboxylic acids is 1. The van der Waals surface area contributed by atoms with Crippen LogP contribution in [0.15, 0.2) is 24.5 Å². The summed E-state index contributed by atoms with van der Waals surface area (Å²) in [6, 6.07) is 2.54. The summed E-state index contributed by atoms with van der Waals surface area (Å²) in [7, 11) is 2.58. The number of nitrogens with one attached hydrogen (secondary N) is 1. The lowest BCUT2D eigenvalue weighted by Gasteiger charge is -2.12. The summed E-state index contributed by atoms with van der Waals surface area (Å²) in [4.78, 5) is 22.4. The van der Waals surface area contributed by atoms with Crippen molar-refractivity contribution in [3.05, 3.63) is 35.8 Å². The minimum absolute atomic E-state index is 0.113. The van der Waals surface area contributed by atoms with Gasteiger partial charge in [-0.15, -0.1) is 4.98 Å². The van der Waals surface area contributed by atoms with Gasteiger partial charge >= 0.3 is 5.97 Å². The van der Waals surface area contributed by atoms with Gasteiger partial charge in [0.1, 0.15) is 17.6 Å². The molecule has 0 fully saturated rings. The molecule has 2 aromatic heterocycles. The molecule has 0 atom stereocenters. The molecule has 0 unspecified atom stereocenters. The van der Waals surface area contributed by atoms with Crippen LogP contribution < -0.4 is 15.5 Å². The summed E-state index contributed by atoms with van der Waals surface area (Å²) >= 11 is 0. The number of nitrogens with two attached hydrogens (primary N) is 1. The first-order chi connectivity index (χ1) is 11.5. The van der Waals surface area contributed by atoms with E-state index in [0.29, 0.717) is 5.82 Å². The average Bonchev–Trinajstić information content (AvgIpc) is 2.60. The quantitative estimate of drug-likeness (QED) is 0.470. The third-order valence-electron chi connectivity index (χ3n) is 3.16. The van der Waals surface area contributed by atoms with Crippen molar-refractivity contribution in [1.29, 1.82) is 0 Å². The molecule has 0 radical (unpaired) electrons. The fourth-order valence-corrected chi connectivity index (χ4v) is 2.06. The number of hydrogen-bond donors (Lipinski definition) is 2. The molecule has 3 N–H and O–H groups in total. The Balaban J connectivity index is 2.70. The van der Waals surface area contributed by atoms with Gasteiger partial charge in [0.05, 0.1) is 26.0 Å². The van der Waals surface area contributed by atoms with Crippen molar-refractivity contribution < 1.29 is 28.0 Å². The van der Waals surface area contributed by atoms with Crippen molar-refractivity contribution in [2.75, 3.05) is 14.2 Å². The number of carbonyl (C=O) groups is 1. The normalized spacial score (nSPS) is 11.0. The van der Waals surface area contributed by atoms with Crippen LogP contribution in [0.2, 0.25) is 0 Å². The number of methoxy groups -OCH3 is 2. The summed E-state index contributed by atoms with van der Waals surface area (Å²) in [5, 5.41) is 0. The maximum Gasteiger partial charge on any atom is 0.338 e. The third-order valence-corrected chi connectivity index (χ3v) is 3.16. The number of alkyl halides is 2. The Morgan fingerprint density at radius 1 is 1.25 bits per heavy atom. The Kier molecular flexibility index (Phi) is 5.35. The van der Waals surface area contributed by atoms with E-state index >= 15 is 0 Å². The zero-order valence-corrected chi connectivity index (χ0v) is 12.9. The number of nitrogens with zero attached hydrogens (tertiary/aromatic N) is 2. The lowest BCUT2D eigenvalue weighted by atomic mass is 10.0. The first kappa shape index (κ1) is 17.3. The van der Waals surface area contributed by atoms with E-state index in [1.807, 2.05) is 0 Å². The molecule has 0 aliphatic carbocycles. The number of aromatic nitrogens is 2. The van der Waals surface area contributed by atoms with E-state index in [1.54, 1.807) is 0 Å². The first-order valence-electron chi connectivity index (χ1n) is 6.72. The van der Waals surface area contributed by atoms with Gasteiger partial charge < -0.3 is 15.2 Å². The van der Waals surface area contributed by atoms with Crippen molar-refractivity contribution in [2.24, 2.45) is 5.73 Å². The van der Waals surface area contributed by atoms with E-state index < -0.39 is 18.1 Å². The molecule has 0 aromatic carbocycles. The van der Waals surface area contributed by atoms with Gasteiger partial charge in [-0.25, -0.2) is 13.6 Å². The van der Waals surface area contributed by atoms with Gasteiger partial charge in [-0.2, -0.15) is 0 Å². The van der Waals surface area contributed by atoms with Crippen LogP contribution >= 0.6 is 0 Å². The molecule has 0 amide bonds. The molecule has 0 saturated heterocycles. The zero-order chi connectivity index (χ0) is 17.7. The molecule has 24 heavy (non-hydrogen) atoms. The number of hydrogen-bond acceptors (Lipinski definition) is 5. The second kappa shape index (κ2) is 7.44. The topological polar surface area (TPSA) is 101 Å². The number of ether oxygens (including phenoxy) is 2. The lowest BCUT2D eigenvalue weighted by molar-refractivity contribution is -0.353. The maximum absolute atomic E-state index is 12.9. The van der Waals surface area contributed by atoms with Crippen molar-refractivity contribution in [3.8, 4) is 16.9 Å². The molecule has 7 nitrogen and oxygen atoms in total. The van der Waals surface area contributed by atoms with Crippen LogP contribution in [0.1, 0.15) is 22.5 Å². The van der Waals surface area contributed by atoms with Gasteiger partial charge in [-0.3, -0.25) is 9.98 Å². The summed E-state index contributed by atoms with van der Waals surface area (Å²) in [5.41, 5.74) is 5.45. The van der Waals surface area contributed by atoms with E-state index in [9.17, 15) is 13.6 Å². The van der Waals surface area contributed by atoms with Crippen LogP contribution in [-0.2, 0) is 4.74 Å². The van der Waals surface area contributed by atoms with Crippen LogP contribution in [0.3, 0.4) is 0 Å². The van der Waals surface area contributed by atoms with Gasteiger partial charge in [0.25, 0.3) is 12.2 Å². The molecular formula is C15H15F2N4O3+. The molecule has 0 bridgehead atoms. The minimum Gasteiger partial charge on any atom is -0.494 e. The molecular weight excluding hydrogens is 322 g/mol. The first-order valence-corrected chi connectivity index (χ1v) is 6.72. The number of pyridine rings is 2. The lowest BCUT2D eigenvalue weighted by Crippen LogP contribution is -2.64. The molecule has 9 heteroatoms. The minimum atomic E-state index is -2.77. The van der Waals surface area contributed by atoms with Crippen molar-refractivity contribution in [1.82, 2.24) is 9.97 Å². The summed E-state index contributed by atoms with van der Waals surface area (Å²) in [6.07, 6.45) is 0.880. The van der Waals surface area contributed by atoms with Crippen LogP contribution in [0.5, 0.6) is 5.75 Å². The van der Waals surface area contributed by atoms with Gasteiger partial charge in [0, 0.05) is 17.2 Å². The number of esters is 1. The summed E-state index contributed by atoms with van der Waals surface area (Å²) in [5.74, 6) is -0.147. The molecule has 2 heterocycles.